The van der Waals surface area contributed by atoms with Crippen molar-refractivity contribution in [1.82, 2.24) is 10.2 Å². The van der Waals surface area contributed by atoms with Crippen LogP contribution in [0, 0.1) is 0 Å². The van der Waals surface area contributed by atoms with Crippen molar-refractivity contribution in [3.63, 3.8) is 0 Å². The Morgan fingerprint density at radius 2 is 2.18 bits per heavy atom. The molecule has 0 aliphatic heterocycles. The van der Waals surface area contributed by atoms with Crippen LogP contribution < -0.4 is 5.32 Å². The van der Waals surface area contributed by atoms with E-state index in [1.807, 2.05) is 13.8 Å². The summed E-state index contributed by atoms with van der Waals surface area (Å²) in [6.45, 7) is 4.51. The van der Waals surface area contributed by atoms with Crippen molar-refractivity contribution in [2.75, 3.05) is 19.7 Å². The number of nitrogens with zero attached hydrogens (tertiary/aromatic N) is 1. The maximum Gasteiger partial charge on any atom is 0.323 e. The molecule has 1 fully saturated rings. The highest BCUT2D eigenvalue weighted by Crippen LogP contribution is 2.26. The zero-order chi connectivity index (χ0) is 12.8. The summed E-state index contributed by atoms with van der Waals surface area (Å²) in [6, 6.07) is -0.227. The van der Waals surface area contributed by atoms with Crippen LogP contribution in [0.4, 0.5) is 4.79 Å². The zero-order valence-corrected chi connectivity index (χ0v) is 10.3. The molecule has 2 amide bonds. The molecule has 1 saturated carbocycles. The van der Waals surface area contributed by atoms with Gasteiger partial charge in [0.15, 0.2) is 0 Å². The Labute approximate surface area is 101 Å². The van der Waals surface area contributed by atoms with Crippen LogP contribution in [0.15, 0.2) is 0 Å². The van der Waals surface area contributed by atoms with Gasteiger partial charge in [-0.25, -0.2) is 4.79 Å². The number of amides is 2. The van der Waals surface area contributed by atoms with Crippen LogP contribution in [0.1, 0.15) is 26.7 Å². The lowest BCUT2D eigenvalue weighted by Crippen LogP contribution is -2.46. The van der Waals surface area contributed by atoms with Gasteiger partial charge in [-0.1, -0.05) is 0 Å². The van der Waals surface area contributed by atoms with Crippen LogP contribution in [0.25, 0.3) is 0 Å². The summed E-state index contributed by atoms with van der Waals surface area (Å²) in [7, 11) is 0. The molecule has 17 heavy (non-hydrogen) atoms. The third-order valence-corrected chi connectivity index (χ3v) is 2.55. The van der Waals surface area contributed by atoms with Crippen LogP contribution in [-0.4, -0.2) is 53.8 Å². The second kappa shape index (κ2) is 6.44. The van der Waals surface area contributed by atoms with Gasteiger partial charge >= 0.3 is 12.0 Å². The molecule has 1 rings (SSSR count). The molecule has 0 aromatic carbocycles. The first kappa shape index (κ1) is 13.8. The summed E-state index contributed by atoms with van der Waals surface area (Å²) in [4.78, 5) is 23.8. The predicted octanol–water partition coefficient (Wildman–Crippen LogP) is 0.670. The maximum absolute atomic E-state index is 11.8. The average Bonchev–Trinajstić information content (AvgIpc) is 3.06. The lowest BCUT2D eigenvalue weighted by atomic mass is 10.4. The van der Waals surface area contributed by atoms with Crippen LogP contribution in [0.2, 0.25) is 0 Å². The van der Waals surface area contributed by atoms with Gasteiger partial charge in [-0.15, -0.1) is 0 Å². The molecular weight excluding hydrogens is 224 g/mol. The molecule has 0 spiro atoms. The van der Waals surface area contributed by atoms with Gasteiger partial charge < -0.3 is 20.1 Å². The zero-order valence-electron chi connectivity index (χ0n) is 10.3. The Morgan fingerprint density at radius 1 is 1.53 bits per heavy atom. The number of nitrogens with one attached hydrogen (secondary N) is 1. The molecule has 1 aliphatic rings. The average molecular weight is 244 g/mol. The number of carboxylic acid groups (broad SMARTS) is 1. The van der Waals surface area contributed by atoms with Crippen molar-refractivity contribution < 1.29 is 19.4 Å². The number of rotatable bonds is 7. The lowest BCUT2D eigenvalue weighted by molar-refractivity contribution is -0.137. The van der Waals surface area contributed by atoms with Crippen molar-refractivity contribution >= 4 is 12.0 Å². The van der Waals surface area contributed by atoms with Gasteiger partial charge in [-0.3, -0.25) is 4.79 Å². The van der Waals surface area contributed by atoms with E-state index >= 15 is 0 Å². The highest BCUT2D eigenvalue weighted by molar-refractivity contribution is 5.80. The van der Waals surface area contributed by atoms with E-state index in [4.69, 9.17) is 9.84 Å². The molecule has 0 radical (unpaired) electrons. The third-order valence-electron chi connectivity index (χ3n) is 2.55. The molecule has 2 N–H and O–H groups in total. The van der Waals surface area contributed by atoms with Gasteiger partial charge in [0.1, 0.15) is 6.54 Å². The molecule has 1 aliphatic carbocycles. The normalized spacial score (nSPS) is 16.4. The molecule has 1 unspecified atom stereocenters. The molecule has 0 saturated heterocycles. The minimum atomic E-state index is -0.982. The van der Waals surface area contributed by atoms with Crippen molar-refractivity contribution in [1.29, 1.82) is 0 Å². The van der Waals surface area contributed by atoms with E-state index in [1.165, 1.54) is 4.90 Å². The predicted molar refractivity (Wildman–Crippen MR) is 61.9 cm³/mol. The van der Waals surface area contributed by atoms with E-state index in [2.05, 4.69) is 5.32 Å². The molecule has 0 bridgehead atoms. The van der Waals surface area contributed by atoms with Gasteiger partial charge in [0.25, 0.3) is 0 Å². The van der Waals surface area contributed by atoms with Crippen molar-refractivity contribution in [2.24, 2.45) is 0 Å². The Morgan fingerprint density at radius 3 is 2.65 bits per heavy atom. The fourth-order valence-corrected chi connectivity index (χ4v) is 1.57. The highest BCUT2D eigenvalue weighted by atomic mass is 16.5. The summed E-state index contributed by atoms with van der Waals surface area (Å²) < 4.78 is 5.28. The third kappa shape index (κ3) is 5.04. The fraction of sp³-hybridized carbons (Fsp3) is 0.818. The second-order valence-electron chi connectivity index (χ2n) is 4.20. The number of urea groups is 1. The Bertz CT molecular complexity index is 279. The van der Waals surface area contributed by atoms with E-state index in [0.717, 1.165) is 12.8 Å². The minimum Gasteiger partial charge on any atom is -0.480 e. The topological polar surface area (TPSA) is 78.9 Å². The monoisotopic (exact) mass is 244 g/mol. The van der Waals surface area contributed by atoms with Crippen LogP contribution >= 0.6 is 0 Å². The molecule has 0 aromatic rings. The molecular formula is C11H20N2O4. The number of carbonyl (C=O) groups is 2. The summed E-state index contributed by atoms with van der Waals surface area (Å²) in [5.74, 6) is -0.982. The van der Waals surface area contributed by atoms with Crippen LogP contribution in [0.3, 0.4) is 0 Å². The summed E-state index contributed by atoms with van der Waals surface area (Å²) in [5.41, 5.74) is 0. The lowest BCUT2D eigenvalue weighted by Gasteiger charge is -2.22. The first-order valence-electron chi connectivity index (χ1n) is 5.92. The van der Waals surface area contributed by atoms with E-state index < -0.39 is 5.97 Å². The molecule has 6 nitrogen and oxygen atoms in total. The van der Waals surface area contributed by atoms with Crippen molar-refractivity contribution in [3.8, 4) is 0 Å². The number of hydrogen-bond donors (Lipinski definition) is 2. The summed E-state index contributed by atoms with van der Waals surface area (Å²) >= 11 is 0. The van der Waals surface area contributed by atoms with E-state index in [1.54, 1.807) is 0 Å². The number of carbonyl (C=O) groups excluding carboxylic acids is 1. The summed E-state index contributed by atoms with van der Waals surface area (Å²) in [6.07, 6.45) is 1.72. The van der Waals surface area contributed by atoms with Gasteiger partial charge in [-0.2, -0.15) is 0 Å². The standard InChI is InChI=1S/C11H20N2O4/c1-3-17-8(2)6-12-11(16)13(7-10(14)15)9-4-5-9/h8-9H,3-7H2,1-2H3,(H,12,16)(H,14,15). The number of ether oxygens (including phenoxy) is 1. The number of aliphatic carboxylic acids is 1. The maximum atomic E-state index is 11.8. The minimum absolute atomic E-state index is 0.0603. The van der Waals surface area contributed by atoms with E-state index in [9.17, 15) is 9.59 Å². The van der Waals surface area contributed by atoms with E-state index in [0.29, 0.717) is 13.2 Å². The van der Waals surface area contributed by atoms with Crippen molar-refractivity contribution in [2.45, 2.75) is 38.8 Å². The quantitative estimate of drug-likeness (QED) is 0.690. The molecule has 0 aromatic heterocycles. The van der Waals surface area contributed by atoms with Gasteiger partial charge in [-0.05, 0) is 26.7 Å². The first-order chi connectivity index (χ1) is 8.04. The van der Waals surface area contributed by atoms with Crippen LogP contribution in [0.5, 0.6) is 0 Å². The fourth-order valence-electron chi connectivity index (χ4n) is 1.57. The molecule has 6 heteroatoms. The SMILES string of the molecule is CCOC(C)CNC(=O)N(CC(=O)O)C1CC1. The van der Waals surface area contributed by atoms with Gasteiger partial charge in [0.2, 0.25) is 0 Å². The number of hydrogen-bond acceptors (Lipinski definition) is 3. The number of carboxylic acids is 1. The molecule has 0 heterocycles. The highest BCUT2D eigenvalue weighted by Gasteiger charge is 2.33. The Hall–Kier alpha value is -1.30. The summed E-state index contributed by atoms with van der Waals surface area (Å²) in [5, 5.41) is 11.4. The first-order valence-corrected chi connectivity index (χ1v) is 5.92. The molecule has 1 atom stereocenters. The molecule has 98 valence electrons. The van der Waals surface area contributed by atoms with Gasteiger partial charge in [0.05, 0.1) is 6.10 Å². The van der Waals surface area contributed by atoms with Crippen molar-refractivity contribution in [3.05, 3.63) is 0 Å². The Kier molecular flexibility index (Phi) is 5.21. The van der Waals surface area contributed by atoms with Gasteiger partial charge in [0, 0.05) is 19.2 Å². The smallest absolute Gasteiger partial charge is 0.323 e. The van der Waals surface area contributed by atoms with Crippen LogP contribution in [-0.2, 0) is 9.53 Å². The Balaban J connectivity index is 2.34. The largest absolute Gasteiger partial charge is 0.480 e. The second-order valence-corrected chi connectivity index (χ2v) is 4.20. The van der Waals surface area contributed by atoms with E-state index in [-0.39, 0.29) is 24.7 Å².